The van der Waals surface area contributed by atoms with Crippen LogP contribution in [-0.2, 0) is 9.53 Å². The Kier molecular flexibility index (Phi) is 4.28. The Hall–Kier alpha value is -0.320. The minimum atomic E-state index is -0.308. The number of halogens is 1. The molecule has 0 aromatic rings. The largest absolute Gasteiger partial charge is 0.393 e. The van der Waals surface area contributed by atoms with E-state index in [9.17, 15) is 9.90 Å². The van der Waals surface area contributed by atoms with Crippen LogP contribution in [0.3, 0.4) is 0 Å². The van der Waals surface area contributed by atoms with Gasteiger partial charge in [-0.05, 0) is 19.3 Å². The van der Waals surface area contributed by atoms with E-state index in [0.29, 0.717) is 38.3 Å². The number of amides is 1. The molecule has 1 N–H and O–H groups in total. The topological polar surface area (TPSA) is 49.8 Å². The molecule has 1 amide bonds. The van der Waals surface area contributed by atoms with Crippen LogP contribution in [0.2, 0.25) is 0 Å². The van der Waals surface area contributed by atoms with Gasteiger partial charge in [-0.3, -0.25) is 4.79 Å². The van der Waals surface area contributed by atoms with Gasteiger partial charge in [0.05, 0.1) is 11.7 Å². The molecule has 0 unspecified atom stereocenters. The molecule has 0 saturated carbocycles. The Balaban J connectivity index is 1.98. The van der Waals surface area contributed by atoms with Crippen LogP contribution in [0.4, 0.5) is 0 Å². The molecule has 5 heteroatoms. The van der Waals surface area contributed by atoms with Crippen LogP contribution in [0.5, 0.6) is 0 Å². The molecule has 0 aromatic carbocycles. The standard InChI is InChI=1S/C12H20ClNO3/c13-5-2-11(16)14-6-1-4-12(9-14)8-10(15)3-7-17-12/h10,15H,1-9H2/t10-,12-/m0/s1. The third-order valence-electron chi connectivity index (χ3n) is 3.67. The summed E-state index contributed by atoms with van der Waals surface area (Å²) in [6.07, 6.45) is 3.34. The number of nitrogens with zero attached hydrogens (tertiary/aromatic N) is 1. The second-order valence-electron chi connectivity index (χ2n) is 5.04. The van der Waals surface area contributed by atoms with Crippen molar-refractivity contribution >= 4 is 17.5 Å². The van der Waals surface area contributed by atoms with Crippen LogP contribution < -0.4 is 0 Å². The minimum absolute atomic E-state index is 0.0998. The van der Waals surface area contributed by atoms with Crippen molar-refractivity contribution in [3.05, 3.63) is 0 Å². The van der Waals surface area contributed by atoms with Gasteiger partial charge in [-0.2, -0.15) is 0 Å². The van der Waals surface area contributed by atoms with Gasteiger partial charge in [0, 0.05) is 38.4 Å². The Labute approximate surface area is 107 Å². The summed E-state index contributed by atoms with van der Waals surface area (Å²) in [5.41, 5.74) is -0.308. The maximum absolute atomic E-state index is 11.8. The lowest BCUT2D eigenvalue weighted by Gasteiger charge is -2.46. The number of carbonyl (C=O) groups excluding carboxylic acids is 1. The van der Waals surface area contributed by atoms with Crippen molar-refractivity contribution < 1.29 is 14.6 Å². The summed E-state index contributed by atoms with van der Waals surface area (Å²) in [6, 6.07) is 0. The lowest BCUT2D eigenvalue weighted by atomic mass is 9.84. The van der Waals surface area contributed by atoms with Crippen LogP contribution in [-0.4, -0.2) is 53.2 Å². The Morgan fingerprint density at radius 2 is 2.41 bits per heavy atom. The molecule has 0 radical (unpaired) electrons. The summed E-state index contributed by atoms with van der Waals surface area (Å²) in [5.74, 6) is 0.467. The van der Waals surface area contributed by atoms with Crippen molar-refractivity contribution in [2.45, 2.75) is 43.8 Å². The fraction of sp³-hybridized carbons (Fsp3) is 0.917. The van der Waals surface area contributed by atoms with E-state index in [1.165, 1.54) is 0 Å². The third kappa shape index (κ3) is 3.12. The van der Waals surface area contributed by atoms with E-state index in [1.54, 1.807) is 0 Å². The van der Waals surface area contributed by atoms with E-state index >= 15 is 0 Å². The van der Waals surface area contributed by atoms with Crippen molar-refractivity contribution in [3.8, 4) is 0 Å². The molecule has 2 saturated heterocycles. The first-order valence-electron chi connectivity index (χ1n) is 6.31. The predicted molar refractivity (Wildman–Crippen MR) is 65.1 cm³/mol. The highest BCUT2D eigenvalue weighted by molar-refractivity contribution is 6.18. The van der Waals surface area contributed by atoms with Gasteiger partial charge in [-0.25, -0.2) is 0 Å². The van der Waals surface area contributed by atoms with Crippen molar-refractivity contribution in [1.82, 2.24) is 4.90 Å². The number of alkyl halides is 1. The van der Waals surface area contributed by atoms with Crippen LogP contribution in [0.15, 0.2) is 0 Å². The van der Waals surface area contributed by atoms with Crippen LogP contribution >= 0.6 is 11.6 Å². The van der Waals surface area contributed by atoms with Crippen molar-refractivity contribution in [2.24, 2.45) is 0 Å². The van der Waals surface area contributed by atoms with E-state index in [2.05, 4.69) is 0 Å². The van der Waals surface area contributed by atoms with E-state index in [0.717, 1.165) is 19.4 Å². The fourth-order valence-corrected chi connectivity index (χ4v) is 3.00. The first-order chi connectivity index (χ1) is 8.15. The summed E-state index contributed by atoms with van der Waals surface area (Å²) >= 11 is 5.60. The van der Waals surface area contributed by atoms with E-state index in [-0.39, 0.29) is 17.6 Å². The molecular formula is C12H20ClNO3. The SMILES string of the molecule is O=C(CCCl)N1CCC[C@]2(C[C@@H](O)CCO2)C1. The number of aliphatic hydroxyl groups is 1. The molecule has 17 heavy (non-hydrogen) atoms. The predicted octanol–water partition coefficient (Wildman–Crippen LogP) is 1.15. The van der Waals surface area contributed by atoms with Crippen LogP contribution in [0.1, 0.15) is 32.1 Å². The Bertz CT molecular complexity index is 283. The molecule has 2 fully saturated rings. The number of rotatable bonds is 2. The van der Waals surface area contributed by atoms with Crippen molar-refractivity contribution in [2.75, 3.05) is 25.6 Å². The molecule has 2 heterocycles. The molecule has 2 aliphatic heterocycles. The molecule has 2 aliphatic rings. The second kappa shape index (κ2) is 5.55. The first kappa shape index (κ1) is 13.1. The molecule has 4 nitrogen and oxygen atoms in total. The molecular weight excluding hydrogens is 242 g/mol. The quantitative estimate of drug-likeness (QED) is 0.759. The summed E-state index contributed by atoms with van der Waals surface area (Å²) < 4.78 is 5.85. The highest BCUT2D eigenvalue weighted by Crippen LogP contribution is 2.33. The highest BCUT2D eigenvalue weighted by atomic mass is 35.5. The zero-order valence-corrected chi connectivity index (χ0v) is 10.8. The van der Waals surface area contributed by atoms with Crippen molar-refractivity contribution in [3.63, 3.8) is 0 Å². The average Bonchev–Trinajstić information content (AvgIpc) is 2.29. The maximum Gasteiger partial charge on any atom is 0.223 e. The minimum Gasteiger partial charge on any atom is -0.393 e. The number of ether oxygens (including phenoxy) is 1. The van der Waals surface area contributed by atoms with Gasteiger partial charge in [0.25, 0.3) is 0 Å². The number of piperidine rings is 1. The van der Waals surface area contributed by atoms with Crippen molar-refractivity contribution in [1.29, 1.82) is 0 Å². The lowest BCUT2D eigenvalue weighted by molar-refractivity contribution is -0.160. The van der Waals surface area contributed by atoms with E-state index < -0.39 is 0 Å². The number of hydrogen-bond acceptors (Lipinski definition) is 3. The molecule has 0 aromatic heterocycles. The monoisotopic (exact) mass is 261 g/mol. The summed E-state index contributed by atoms with van der Waals surface area (Å²) in [7, 11) is 0. The number of carbonyl (C=O) groups is 1. The molecule has 0 aliphatic carbocycles. The molecule has 1 spiro atoms. The van der Waals surface area contributed by atoms with Gasteiger partial charge in [-0.1, -0.05) is 0 Å². The Morgan fingerprint density at radius 3 is 3.12 bits per heavy atom. The molecule has 98 valence electrons. The Morgan fingerprint density at radius 1 is 1.59 bits per heavy atom. The van der Waals surface area contributed by atoms with Gasteiger partial charge < -0.3 is 14.7 Å². The zero-order valence-electron chi connectivity index (χ0n) is 10.0. The van der Waals surface area contributed by atoms with Gasteiger partial charge in [0.2, 0.25) is 5.91 Å². The maximum atomic E-state index is 11.8. The second-order valence-corrected chi connectivity index (χ2v) is 5.41. The van der Waals surface area contributed by atoms with Gasteiger partial charge in [0.15, 0.2) is 0 Å². The first-order valence-corrected chi connectivity index (χ1v) is 6.84. The van der Waals surface area contributed by atoms with Crippen LogP contribution in [0.25, 0.3) is 0 Å². The van der Waals surface area contributed by atoms with E-state index in [4.69, 9.17) is 16.3 Å². The fourth-order valence-electron chi connectivity index (χ4n) is 2.84. The van der Waals surface area contributed by atoms with Gasteiger partial charge in [-0.15, -0.1) is 11.6 Å². The summed E-state index contributed by atoms with van der Waals surface area (Å²) in [4.78, 5) is 13.7. The number of likely N-dealkylation sites (tertiary alicyclic amines) is 1. The van der Waals surface area contributed by atoms with Gasteiger partial charge >= 0.3 is 0 Å². The summed E-state index contributed by atoms with van der Waals surface area (Å²) in [5, 5.41) is 9.75. The molecule has 0 bridgehead atoms. The average molecular weight is 262 g/mol. The lowest BCUT2D eigenvalue weighted by Crippen LogP contribution is -2.55. The van der Waals surface area contributed by atoms with E-state index in [1.807, 2.05) is 4.90 Å². The number of hydrogen-bond donors (Lipinski definition) is 1. The van der Waals surface area contributed by atoms with Gasteiger partial charge in [0.1, 0.15) is 0 Å². The highest BCUT2D eigenvalue weighted by Gasteiger charge is 2.41. The smallest absolute Gasteiger partial charge is 0.223 e. The summed E-state index contributed by atoms with van der Waals surface area (Å²) in [6.45, 7) is 2.00. The molecule has 2 atom stereocenters. The van der Waals surface area contributed by atoms with Crippen LogP contribution in [0, 0.1) is 0 Å². The third-order valence-corrected chi connectivity index (χ3v) is 3.86. The number of aliphatic hydroxyl groups excluding tert-OH is 1. The zero-order chi connectivity index (χ0) is 12.3. The normalized spacial score (nSPS) is 34.0. The molecule has 2 rings (SSSR count).